The van der Waals surface area contributed by atoms with E-state index in [1.54, 1.807) is 0 Å². The molecule has 120 valence electrons. The topological polar surface area (TPSA) is 42.2 Å². The first-order valence-electron chi connectivity index (χ1n) is 8.49. The molecule has 1 aliphatic heterocycles. The normalized spacial score (nSPS) is 22.6. The van der Waals surface area contributed by atoms with Gasteiger partial charge in [0.05, 0.1) is 5.92 Å². The molecule has 0 amide bonds. The van der Waals surface area contributed by atoms with Gasteiger partial charge in [-0.2, -0.15) is 4.98 Å². The van der Waals surface area contributed by atoms with E-state index in [4.69, 9.17) is 4.52 Å². The van der Waals surface area contributed by atoms with Gasteiger partial charge in [0.25, 0.3) is 0 Å². The van der Waals surface area contributed by atoms with Crippen molar-refractivity contribution in [2.24, 2.45) is 5.92 Å². The quantitative estimate of drug-likeness (QED) is 0.866. The molecular formula is C19H23N3O. The van der Waals surface area contributed by atoms with Crippen LogP contribution in [0.5, 0.6) is 0 Å². The summed E-state index contributed by atoms with van der Waals surface area (Å²) in [5, 5.41) is 4.23. The lowest BCUT2D eigenvalue weighted by Gasteiger charge is -2.28. The minimum atomic E-state index is 0.233. The van der Waals surface area contributed by atoms with Gasteiger partial charge in [0.1, 0.15) is 0 Å². The molecule has 1 saturated heterocycles. The zero-order valence-electron chi connectivity index (χ0n) is 13.8. The maximum atomic E-state index is 5.56. The van der Waals surface area contributed by atoms with Crippen molar-refractivity contribution < 1.29 is 4.52 Å². The van der Waals surface area contributed by atoms with Crippen LogP contribution in [-0.4, -0.2) is 35.2 Å². The van der Waals surface area contributed by atoms with Crippen molar-refractivity contribution in [1.82, 2.24) is 15.0 Å². The maximum Gasteiger partial charge on any atom is 0.238 e. The van der Waals surface area contributed by atoms with Gasteiger partial charge in [0, 0.05) is 6.42 Å². The molecule has 0 N–H and O–H groups in total. The molecule has 23 heavy (non-hydrogen) atoms. The number of rotatable bonds is 4. The monoisotopic (exact) mass is 309 g/mol. The van der Waals surface area contributed by atoms with Crippen molar-refractivity contribution in [1.29, 1.82) is 0 Å². The van der Waals surface area contributed by atoms with Gasteiger partial charge in [0.15, 0.2) is 5.82 Å². The van der Waals surface area contributed by atoms with Gasteiger partial charge in [-0.25, -0.2) is 0 Å². The van der Waals surface area contributed by atoms with E-state index in [0.717, 1.165) is 18.1 Å². The third-order valence-corrected chi connectivity index (χ3v) is 5.19. The highest BCUT2D eigenvalue weighted by atomic mass is 16.5. The van der Waals surface area contributed by atoms with Crippen molar-refractivity contribution >= 4 is 5.57 Å². The lowest BCUT2D eigenvalue weighted by Crippen LogP contribution is -2.31. The van der Waals surface area contributed by atoms with Gasteiger partial charge in [0.2, 0.25) is 5.89 Å². The molecule has 4 heteroatoms. The van der Waals surface area contributed by atoms with Gasteiger partial charge < -0.3 is 9.42 Å². The van der Waals surface area contributed by atoms with Gasteiger partial charge in [-0.1, -0.05) is 41.1 Å². The molecule has 1 aromatic carbocycles. The second-order valence-electron chi connectivity index (χ2n) is 6.90. The lowest BCUT2D eigenvalue weighted by molar-refractivity contribution is 0.216. The Labute approximate surface area is 137 Å². The molecular weight excluding hydrogens is 286 g/mol. The number of hydrogen-bond donors (Lipinski definition) is 0. The predicted octanol–water partition coefficient (Wildman–Crippen LogP) is 3.52. The number of aromatic nitrogens is 2. The summed E-state index contributed by atoms with van der Waals surface area (Å²) in [6, 6.07) is 10.5. The molecule has 0 saturated carbocycles. The Kier molecular flexibility index (Phi) is 3.77. The first-order valence-corrected chi connectivity index (χ1v) is 8.49. The zero-order chi connectivity index (χ0) is 15.8. The molecule has 0 unspecified atom stereocenters. The minimum Gasteiger partial charge on any atom is -0.338 e. The summed E-state index contributed by atoms with van der Waals surface area (Å²) in [4.78, 5) is 7.07. The maximum absolute atomic E-state index is 5.56. The van der Waals surface area contributed by atoms with Crippen LogP contribution in [0.2, 0.25) is 0 Å². The van der Waals surface area contributed by atoms with E-state index >= 15 is 0 Å². The fourth-order valence-corrected chi connectivity index (χ4v) is 3.64. The summed E-state index contributed by atoms with van der Waals surface area (Å²) in [6.45, 7) is 4.52. The number of piperidine rings is 1. The fraction of sp³-hybridized carbons (Fsp3) is 0.474. The van der Waals surface area contributed by atoms with Crippen LogP contribution in [0.15, 0.2) is 40.4 Å². The molecule has 4 nitrogen and oxygen atoms in total. The van der Waals surface area contributed by atoms with Gasteiger partial charge in [-0.3, -0.25) is 0 Å². The second kappa shape index (κ2) is 5.93. The van der Waals surface area contributed by atoms with Gasteiger partial charge in [-0.15, -0.1) is 0 Å². The molecule has 2 heterocycles. The Balaban J connectivity index is 1.41. The zero-order valence-corrected chi connectivity index (χ0v) is 13.8. The molecule has 2 aliphatic rings. The van der Waals surface area contributed by atoms with E-state index < -0.39 is 0 Å². The van der Waals surface area contributed by atoms with Crippen molar-refractivity contribution in [3.05, 3.63) is 53.2 Å². The highest BCUT2D eigenvalue weighted by Gasteiger charge is 2.39. The SMILES string of the molecule is CC1=C(c2ccccc2)[C@@H]1c1nc(CC2CCN(C)CC2)no1. The van der Waals surface area contributed by atoms with E-state index in [1.807, 2.05) is 6.07 Å². The number of likely N-dealkylation sites (tertiary alicyclic amines) is 1. The fourth-order valence-electron chi connectivity index (χ4n) is 3.64. The van der Waals surface area contributed by atoms with Crippen molar-refractivity contribution in [2.45, 2.75) is 32.1 Å². The molecule has 0 radical (unpaired) electrons. The third-order valence-electron chi connectivity index (χ3n) is 5.19. The van der Waals surface area contributed by atoms with Gasteiger partial charge >= 0.3 is 0 Å². The largest absolute Gasteiger partial charge is 0.338 e. The molecule has 1 atom stereocenters. The van der Waals surface area contributed by atoms with Crippen LogP contribution in [0.25, 0.3) is 5.57 Å². The highest BCUT2D eigenvalue weighted by Crippen LogP contribution is 2.53. The van der Waals surface area contributed by atoms with Crippen LogP contribution in [0, 0.1) is 5.92 Å². The van der Waals surface area contributed by atoms with Crippen LogP contribution < -0.4 is 0 Å². The van der Waals surface area contributed by atoms with Crippen molar-refractivity contribution in [2.75, 3.05) is 20.1 Å². The predicted molar refractivity (Wildman–Crippen MR) is 90.0 cm³/mol. The first kappa shape index (κ1) is 14.6. The Morgan fingerprint density at radius 3 is 2.65 bits per heavy atom. The van der Waals surface area contributed by atoms with E-state index in [2.05, 4.69) is 53.3 Å². The summed E-state index contributed by atoms with van der Waals surface area (Å²) in [7, 11) is 2.19. The Morgan fingerprint density at radius 1 is 1.17 bits per heavy atom. The van der Waals surface area contributed by atoms with Crippen molar-refractivity contribution in [3.63, 3.8) is 0 Å². The second-order valence-corrected chi connectivity index (χ2v) is 6.90. The Morgan fingerprint density at radius 2 is 1.91 bits per heavy atom. The average Bonchev–Trinajstić information content (AvgIpc) is 3.02. The van der Waals surface area contributed by atoms with Crippen LogP contribution in [0.4, 0.5) is 0 Å². The number of nitrogens with zero attached hydrogens (tertiary/aromatic N) is 3. The molecule has 1 aliphatic carbocycles. The smallest absolute Gasteiger partial charge is 0.238 e. The minimum absolute atomic E-state index is 0.233. The summed E-state index contributed by atoms with van der Waals surface area (Å²) in [5.74, 6) is 2.57. The van der Waals surface area contributed by atoms with E-state index in [-0.39, 0.29) is 5.92 Å². The summed E-state index contributed by atoms with van der Waals surface area (Å²) < 4.78 is 5.56. The number of hydrogen-bond acceptors (Lipinski definition) is 4. The molecule has 0 bridgehead atoms. The molecule has 2 aromatic rings. The molecule has 0 spiro atoms. The Hall–Kier alpha value is -1.94. The molecule has 1 aromatic heterocycles. The van der Waals surface area contributed by atoms with Crippen LogP contribution in [0.1, 0.15) is 43.0 Å². The number of benzene rings is 1. The van der Waals surface area contributed by atoms with E-state index in [0.29, 0.717) is 5.92 Å². The lowest BCUT2D eigenvalue weighted by atomic mass is 9.94. The standard InChI is InChI=1S/C19H23N3O/c1-13-17(15-6-4-3-5-7-15)18(13)19-20-16(21-23-19)12-14-8-10-22(2)11-9-14/h3-7,14,18H,8-12H2,1-2H3/t18-/m1/s1. The highest BCUT2D eigenvalue weighted by molar-refractivity contribution is 5.89. The van der Waals surface area contributed by atoms with E-state index in [9.17, 15) is 0 Å². The van der Waals surface area contributed by atoms with Crippen LogP contribution >= 0.6 is 0 Å². The third kappa shape index (κ3) is 2.95. The summed E-state index contributed by atoms with van der Waals surface area (Å²) in [6.07, 6.45) is 3.41. The summed E-state index contributed by atoms with van der Waals surface area (Å²) >= 11 is 0. The first-order chi connectivity index (χ1) is 11.2. The van der Waals surface area contributed by atoms with Crippen LogP contribution in [0.3, 0.4) is 0 Å². The Bertz CT molecular complexity index is 711. The molecule has 4 rings (SSSR count). The number of allylic oxidation sites excluding steroid dienone is 2. The molecule has 1 fully saturated rings. The summed E-state index contributed by atoms with van der Waals surface area (Å²) in [5.41, 5.74) is 3.97. The van der Waals surface area contributed by atoms with Gasteiger partial charge in [-0.05, 0) is 57.0 Å². The van der Waals surface area contributed by atoms with Crippen molar-refractivity contribution in [3.8, 4) is 0 Å². The van der Waals surface area contributed by atoms with Crippen LogP contribution in [-0.2, 0) is 6.42 Å². The average molecular weight is 309 g/mol. The van der Waals surface area contributed by atoms with E-state index in [1.165, 1.54) is 42.6 Å².